The highest BCUT2D eigenvalue weighted by Crippen LogP contribution is 2.54. The van der Waals surface area contributed by atoms with Gasteiger partial charge in [-0.15, -0.1) is 11.8 Å². The number of hydrogen-bond donors (Lipinski definition) is 1. The maximum Gasteiger partial charge on any atom is 0.313 e. The quantitative estimate of drug-likeness (QED) is 0.262. The van der Waals surface area contributed by atoms with Crippen LogP contribution in [0, 0.1) is 17.2 Å². The Morgan fingerprint density at radius 1 is 1.07 bits per heavy atom. The molecule has 2 saturated carbocycles. The van der Waals surface area contributed by atoms with Crippen LogP contribution < -0.4 is 9.64 Å². The van der Waals surface area contributed by atoms with Crippen molar-refractivity contribution in [2.75, 3.05) is 18.1 Å². The summed E-state index contributed by atoms with van der Waals surface area (Å²) in [5.74, 6) is -10.2. The first kappa shape index (κ1) is 32.6. The number of aliphatic carboxylic acids is 1. The summed E-state index contributed by atoms with van der Waals surface area (Å²) in [4.78, 5) is 12.5. The van der Waals surface area contributed by atoms with Crippen molar-refractivity contribution in [2.45, 2.75) is 77.3 Å². The van der Waals surface area contributed by atoms with E-state index in [-0.39, 0.29) is 22.0 Å². The number of anilines is 2. The zero-order valence-electron chi connectivity index (χ0n) is 22.8. The Kier molecular flexibility index (Phi) is 8.57. The first-order chi connectivity index (χ1) is 20.4. The molecule has 2 fully saturated rings. The molecule has 1 heterocycles. The fourth-order valence-corrected chi connectivity index (χ4v) is 8.86. The average Bonchev–Trinajstić information content (AvgIpc) is 2.97. The zero-order chi connectivity index (χ0) is 32.2. The van der Waals surface area contributed by atoms with Gasteiger partial charge in [-0.1, -0.05) is 0 Å². The summed E-state index contributed by atoms with van der Waals surface area (Å²) in [5.41, 5.74) is -4.66. The molecule has 0 aromatic heterocycles. The molecule has 0 unspecified atom stereocenters. The number of hydrogen-bond acceptors (Lipinski definition) is 6. The highest BCUT2D eigenvalue weighted by atomic mass is 32.2. The molecule has 0 spiro atoms. The van der Waals surface area contributed by atoms with Gasteiger partial charge in [-0.3, -0.25) is 4.79 Å². The molecule has 3 aliphatic rings. The van der Waals surface area contributed by atoms with Gasteiger partial charge < -0.3 is 14.7 Å². The SMILES string of the molecule is O=C(O)C1(COc2cc3c(cc2SC2CC(F)(F)C2)N(c2ccc(F)cc2)C[C@@H](CCC(F)F)[C@@H](F)S3(=O)=O)CC(F)(F)C1. The van der Waals surface area contributed by atoms with E-state index >= 15 is 4.39 Å². The lowest BCUT2D eigenvalue weighted by atomic mass is 9.66. The second-order valence-electron chi connectivity index (χ2n) is 11.6. The van der Waals surface area contributed by atoms with Gasteiger partial charge in [0.05, 0.1) is 15.5 Å². The van der Waals surface area contributed by atoms with Gasteiger partial charge in [0.1, 0.15) is 23.6 Å². The average molecular weight is 674 g/mol. The lowest BCUT2D eigenvalue weighted by Gasteiger charge is -2.43. The van der Waals surface area contributed by atoms with Crippen molar-refractivity contribution in [1.29, 1.82) is 0 Å². The van der Waals surface area contributed by atoms with Crippen LogP contribution in [-0.2, 0) is 14.6 Å². The number of carboxylic acid groups (broad SMARTS) is 1. The van der Waals surface area contributed by atoms with Gasteiger partial charge in [-0.05, 0) is 36.8 Å². The van der Waals surface area contributed by atoms with Crippen LogP contribution in [0.3, 0.4) is 0 Å². The maximum atomic E-state index is 15.8. The Balaban J connectivity index is 1.61. The molecule has 5 rings (SSSR count). The highest BCUT2D eigenvalue weighted by molar-refractivity contribution is 8.00. The molecule has 2 aromatic carbocycles. The van der Waals surface area contributed by atoms with Gasteiger partial charge in [-0.2, -0.15) is 0 Å². The highest BCUT2D eigenvalue weighted by Gasteiger charge is 2.62. The summed E-state index contributed by atoms with van der Waals surface area (Å²) >= 11 is 0.864. The number of ether oxygens (including phenoxy) is 1. The number of thioether (sulfide) groups is 1. The van der Waals surface area contributed by atoms with Crippen LogP contribution in [0.5, 0.6) is 5.75 Å². The third-order valence-electron chi connectivity index (χ3n) is 8.10. The fraction of sp³-hybridized carbons (Fsp3) is 0.536. The van der Waals surface area contributed by atoms with Gasteiger partial charge in [-0.25, -0.2) is 43.5 Å². The van der Waals surface area contributed by atoms with E-state index in [0.29, 0.717) is 0 Å². The molecule has 16 heteroatoms. The minimum atomic E-state index is -4.93. The van der Waals surface area contributed by atoms with E-state index in [1.807, 2.05) is 0 Å². The zero-order valence-corrected chi connectivity index (χ0v) is 24.4. The summed E-state index contributed by atoms with van der Waals surface area (Å²) in [7, 11) is -4.93. The second-order valence-corrected chi connectivity index (χ2v) is 14.9. The van der Waals surface area contributed by atoms with Crippen molar-refractivity contribution in [1.82, 2.24) is 0 Å². The van der Waals surface area contributed by atoms with E-state index in [4.69, 9.17) is 4.74 Å². The molecule has 0 radical (unpaired) electrons. The lowest BCUT2D eigenvalue weighted by molar-refractivity contribution is -0.199. The van der Waals surface area contributed by atoms with Crippen LogP contribution in [0.1, 0.15) is 38.5 Å². The Morgan fingerprint density at radius 2 is 1.70 bits per heavy atom. The minimum absolute atomic E-state index is 0.0552. The Bertz CT molecular complexity index is 1510. The van der Waals surface area contributed by atoms with Gasteiger partial charge >= 0.3 is 5.97 Å². The molecule has 1 aliphatic heterocycles. The predicted molar refractivity (Wildman–Crippen MR) is 144 cm³/mol. The number of halogens is 8. The third-order valence-corrected chi connectivity index (χ3v) is 11.3. The smallest absolute Gasteiger partial charge is 0.313 e. The molecule has 2 atom stereocenters. The molecular formula is C28H27F8NO5S2. The molecule has 1 N–H and O–H groups in total. The summed E-state index contributed by atoms with van der Waals surface area (Å²) < 4.78 is 143. The predicted octanol–water partition coefficient (Wildman–Crippen LogP) is 7.48. The van der Waals surface area contributed by atoms with Gasteiger partial charge in [0.15, 0.2) is 0 Å². The number of carboxylic acids is 1. The van der Waals surface area contributed by atoms with Crippen LogP contribution in [0.15, 0.2) is 46.2 Å². The first-order valence-corrected chi connectivity index (χ1v) is 16.0. The molecule has 2 aliphatic carbocycles. The van der Waals surface area contributed by atoms with Crippen molar-refractivity contribution in [3.63, 3.8) is 0 Å². The molecular weight excluding hydrogens is 646 g/mol. The van der Waals surface area contributed by atoms with Crippen molar-refractivity contribution >= 4 is 38.9 Å². The molecule has 0 bridgehead atoms. The number of rotatable bonds is 10. The standard InChI is InChI=1S/C28H27F8NO5S2/c29-16-2-4-17(5-3-16)37-11-15(1-6-23(30)31)24(32)44(40,41)22-8-20(42-14-26(25(38)39)12-28(35,36)13-26)21(7-19(22)37)43-18-9-27(33,34)10-18/h2-5,7-8,15,18,23-24H,1,6,9-14H2,(H,38,39)/t15-,24+/m1/s1. The van der Waals surface area contributed by atoms with Crippen LogP contribution in [0.25, 0.3) is 0 Å². The number of benzene rings is 2. The van der Waals surface area contributed by atoms with E-state index in [2.05, 4.69) is 0 Å². The fourth-order valence-electron chi connectivity index (χ4n) is 5.73. The van der Waals surface area contributed by atoms with Gasteiger partial charge in [0.25, 0.3) is 5.92 Å². The van der Waals surface area contributed by atoms with Crippen molar-refractivity contribution < 1.29 is 58.2 Å². The summed E-state index contributed by atoms with van der Waals surface area (Å²) in [6.45, 7) is -1.24. The summed E-state index contributed by atoms with van der Waals surface area (Å²) in [6, 6.07) is 6.75. The monoisotopic (exact) mass is 673 g/mol. The largest absolute Gasteiger partial charge is 0.491 e. The molecule has 242 valence electrons. The summed E-state index contributed by atoms with van der Waals surface area (Å²) in [5, 5.41) is 8.95. The molecule has 2 aromatic rings. The van der Waals surface area contributed by atoms with E-state index in [9.17, 15) is 49.1 Å². The second kappa shape index (κ2) is 11.6. The molecule has 44 heavy (non-hydrogen) atoms. The number of alkyl halides is 7. The van der Waals surface area contributed by atoms with Crippen molar-refractivity contribution in [3.8, 4) is 5.75 Å². The van der Waals surface area contributed by atoms with Crippen LogP contribution in [-0.4, -0.2) is 61.7 Å². The molecule has 0 amide bonds. The van der Waals surface area contributed by atoms with Gasteiger partial charge in [0.2, 0.25) is 27.7 Å². The van der Waals surface area contributed by atoms with E-state index in [1.165, 1.54) is 23.1 Å². The van der Waals surface area contributed by atoms with E-state index in [1.54, 1.807) is 0 Å². The maximum absolute atomic E-state index is 15.8. The Labute approximate surface area is 251 Å². The van der Waals surface area contributed by atoms with Gasteiger partial charge in [0, 0.05) is 61.6 Å². The number of nitrogens with zero attached hydrogens (tertiary/aromatic N) is 1. The van der Waals surface area contributed by atoms with Crippen LogP contribution >= 0.6 is 11.8 Å². The van der Waals surface area contributed by atoms with E-state index < -0.39 is 119 Å². The Morgan fingerprint density at radius 3 is 2.25 bits per heavy atom. The van der Waals surface area contributed by atoms with Crippen LogP contribution in [0.4, 0.5) is 46.5 Å². The third kappa shape index (κ3) is 6.46. The topological polar surface area (TPSA) is 83.9 Å². The van der Waals surface area contributed by atoms with Crippen LogP contribution in [0.2, 0.25) is 0 Å². The number of carbonyl (C=O) groups is 1. The normalized spacial score (nSPS) is 25.0. The lowest BCUT2D eigenvalue weighted by Crippen LogP contribution is -2.54. The number of fused-ring (bicyclic) bond motifs is 1. The van der Waals surface area contributed by atoms with Crippen molar-refractivity contribution in [2.24, 2.45) is 11.3 Å². The Hall–Kier alpha value is -2.75. The molecule has 0 saturated heterocycles. The van der Waals surface area contributed by atoms with Crippen molar-refractivity contribution in [3.05, 3.63) is 42.2 Å². The first-order valence-electron chi connectivity index (χ1n) is 13.6. The number of sulfone groups is 1. The molecule has 6 nitrogen and oxygen atoms in total. The summed E-state index contributed by atoms with van der Waals surface area (Å²) in [6.07, 6.45) is -7.36. The minimum Gasteiger partial charge on any atom is -0.491 e. The van der Waals surface area contributed by atoms with E-state index in [0.717, 1.165) is 30.0 Å².